The van der Waals surface area contributed by atoms with Crippen LogP contribution in [0.4, 0.5) is 4.39 Å². The van der Waals surface area contributed by atoms with E-state index in [4.69, 9.17) is 9.47 Å². The highest BCUT2D eigenvalue weighted by molar-refractivity contribution is 7.89. The highest BCUT2D eigenvalue weighted by Crippen LogP contribution is 2.34. The Bertz CT molecular complexity index is 803. The van der Waals surface area contributed by atoms with Crippen LogP contribution in [0.5, 0.6) is 5.88 Å². The summed E-state index contributed by atoms with van der Waals surface area (Å²) in [6.45, 7) is 2.57. The summed E-state index contributed by atoms with van der Waals surface area (Å²) in [6, 6.07) is 2.84. The van der Waals surface area contributed by atoms with Gasteiger partial charge >= 0.3 is 5.97 Å². The van der Waals surface area contributed by atoms with E-state index in [0.717, 1.165) is 0 Å². The molecule has 0 bridgehead atoms. The maximum Gasteiger partial charge on any atom is 0.311 e. The number of hydrogen-bond donors (Lipinski definition) is 1. The first-order valence-electron chi connectivity index (χ1n) is 8.87. The van der Waals surface area contributed by atoms with Crippen molar-refractivity contribution < 1.29 is 27.1 Å². The number of piperidine rings is 1. The van der Waals surface area contributed by atoms with Crippen molar-refractivity contribution >= 4 is 16.0 Å². The fourth-order valence-electron chi connectivity index (χ4n) is 2.94. The SMILES string of the molecule is CNC/C(=C\F)COc1ccc(S(=O)(=O)N2CCC(C)(C(=O)OC)CC2)cn1. The second-order valence-corrected chi connectivity index (χ2v) is 8.81. The summed E-state index contributed by atoms with van der Waals surface area (Å²) in [5.41, 5.74) is -0.269. The molecule has 1 saturated heterocycles. The molecule has 1 aliphatic heterocycles. The number of hydrogen-bond acceptors (Lipinski definition) is 7. The van der Waals surface area contributed by atoms with Crippen LogP contribution in [-0.4, -0.2) is 64.1 Å². The Morgan fingerprint density at radius 2 is 2.07 bits per heavy atom. The third-order valence-electron chi connectivity index (χ3n) is 4.81. The number of esters is 1. The molecule has 2 heterocycles. The Hall–Kier alpha value is -2.04. The van der Waals surface area contributed by atoms with Crippen LogP contribution in [-0.2, 0) is 19.6 Å². The van der Waals surface area contributed by atoms with E-state index in [-0.39, 0.29) is 36.4 Å². The smallest absolute Gasteiger partial charge is 0.311 e. The Kier molecular flexibility index (Phi) is 7.50. The van der Waals surface area contributed by atoms with Crippen molar-refractivity contribution in [3.05, 3.63) is 30.2 Å². The predicted octanol–water partition coefficient (Wildman–Crippen LogP) is 1.50. The molecule has 1 N–H and O–H groups in total. The molecular weight excluding hydrogens is 389 g/mol. The second kappa shape index (κ2) is 9.44. The fraction of sp³-hybridized carbons (Fsp3) is 0.556. The zero-order chi connectivity index (χ0) is 20.8. The molecule has 28 heavy (non-hydrogen) atoms. The first kappa shape index (κ1) is 22.3. The molecule has 0 amide bonds. The van der Waals surface area contributed by atoms with Gasteiger partial charge in [0.1, 0.15) is 11.5 Å². The lowest BCUT2D eigenvalue weighted by Gasteiger charge is -2.36. The van der Waals surface area contributed by atoms with Gasteiger partial charge in [0.2, 0.25) is 15.9 Å². The van der Waals surface area contributed by atoms with E-state index in [9.17, 15) is 17.6 Å². The van der Waals surface area contributed by atoms with Gasteiger partial charge in [0, 0.05) is 31.3 Å². The molecular formula is C18H26FN3O5S. The van der Waals surface area contributed by atoms with Crippen LogP contribution in [0, 0.1) is 5.41 Å². The number of carbonyl (C=O) groups excluding carboxylic acids is 1. The van der Waals surface area contributed by atoms with Gasteiger partial charge in [-0.2, -0.15) is 4.31 Å². The maximum absolute atomic E-state index is 12.8. The quantitative estimate of drug-likeness (QED) is 0.643. The molecule has 0 radical (unpaired) electrons. The summed E-state index contributed by atoms with van der Waals surface area (Å²) < 4.78 is 49.8. The highest BCUT2D eigenvalue weighted by atomic mass is 32.2. The highest BCUT2D eigenvalue weighted by Gasteiger charge is 2.41. The van der Waals surface area contributed by atoms with Crippen LogP contribution in [0.2, 0.25) is 0 Å². The third-order valence-corrected chi connectivity index (χ3v) is 6.70. The Morgan fingerprint density at radius 1 is 1.39 bits per heavy atom. The molecule has 156 valence electrons. The third kappa shape index (κ3) is 5.06. The van der Waals surface area contributed by atoms with Crippen LogP contribution >= 0.6 is 0 Å². The largest absolute Gasteiger partial charge is 0.473 e. The van der Waals surface area contributed by atoms with Crippen molar-refractivity contribution in [1.29, 1.82) is 0 Å². The maximum atomic E-state index is 12.8. The molecule has 1 aromatic rings. The number of halogens is 1. The number of carbonyl (C=O) groups is 1. The van der Waals surface area contributed by atoms with Crippen molar-refractivity contribution in [2.75, 3.05) is 40.4 Å². The molecule has 10 heteroatoms. The molecule has 2 rings (SSSR count). The first-order valence-corrected chi connectivity index (χ1v) is 10.3. The normalized spacial score (nSPS) is 17.9. The number of rotatable bonds is 8. The second-order valence-electron chi connectivity index (χ2n) is 6.87. The minimum Gasteiger partial charge on any atom is -0.473 e. The Balaban J connectivity index is 2.02. The zero-order valence-corrected chi connectivity index (χ0v) is 17.1. The van der Waals surface area contributed by atoms with E-state index in [1.807, 2.05) is 0 Å². The van der Waals surface area contributed by atoms with E-state index >= 15 is 0 Å². The summed E-state index contributed by atoms with van der Waals surface area (Å²) in [6.07, 6.45) is 2.46. The molecule has 1 aromatic heterocycles. The summed E-state index contributed by atoms with van der Waals surface area (Å²) in [5.74, 6) is -0.126. The number of pyridine rings is 1. The van der Waals surface area contributed by atoms with Crippen molar-refractivity contribution in [3.63, 3.8) is 0 Å². The predicted molar refractivity (Wildman–Crippen MR) is 101 cm³/mol. The van der Waals surface area contributed by atoms with Gasteiger partial charge in [0.25, 0.3) is 0 Å². The van der Waals surface area contributed by atoms with Crippen LogP contribution in [0.1, 0.15) is 19.8 Å². The number of ether oxygens (including phenoxy) is 2. The lowest BCUT2D eigenvalue weighted by Crippen LogP contribution is -2.45. The van der Waals surface area contributed by atoms with Gasteiger partial charge in [0.15, 0.2) is 0 Å². The molecule has 0 atom stereocenters. The molecule has 0 unspecified atom stereocenters. The van der Waals surface area contributed by atoms with E-state index in [1.165, 1.54) is 29.7 Å². The Morgan fingerprint density at radius 3 is 2.57 bits per heavy atom. The minimum absolute atomic E-state index is 0.00860. The van der Waals surface area contributed by atoms with Crippen LogP contribution < -0.4 is 10.1 Å². The van der Waals surface area contributed by atoms with Gasteiger partial charge in [-0.05, 0) is 32.9 Å². The summed E-state index contributed by atoms with van der Waals surface area (Å²) in [4.78, 5) is 15.9. The lowest BCUT2D eigenvalue weighted by atomic mass is 9.81. The Labute approximate surface area is 164 Å². The monoisotopic (exact) mass is 415 g/mol. The molecule has 8 nitrogen and oxygen atoms in total. The summed E-state index contributed by atoms with van der Waals surface area (Å²) >= 11 is 0. The molecule has 1 aliphatic rings. The first-order chi connectivity index (χ1) is 13.3. The molecule has 0 spiro atoms. The van der Waals surface area contributed by atoms with Gasteiger partial charge in [0.05, 0.1) is 25.1 Å². The topological polar surface area (TPSA) is 97.8 Å². The standard InChI is InChI=1S/C18H26FN3O5S/c1-18(17(23)26-3)6-8-22(9-7-18)28(24,25)15-4-5-16(21-12-15)27-13-14(10-19)11-20-2/h4-5,10,12,20H,6-9,11,13H2,1-3H3/b14-10+. The van der Waals surface area contributed by atoms with Gasteiger partial charge in [-0.25, -0.2) is 17.8 Å². The number of sulfonamides is 1. The van der Waals surface area contributed by atoms with Gasteiger partial charge in [-0.3, -0.25) is 4.79 Å². The van der Waals surface area contributed by atoms with Crippen molar-refractivity contribution in [3.8, 4) is 5.88 Å². The molecule has 0 aromatic carbocycles. The number of methoxy groups -OCH3 is 1. The fourth-order valence-corrected chi connectivity index (χ4v) is 4.33. The minimum atomic E-state index is -3.72. The average Bonchev–Trinajstić information content (AvgIpc) is 2.71. The van der Waals surface area contributed by atoms with E-state index in [0.29, 0.717) is 31.3 Å². The van der Waals surface area contributed by atoms with Crippen LogP contribution in [0.25, 0.3) is 0 Å². The summed E-state index contributed by atoms with van der Waals surface area (Å²) in [5, 5.41) is 2.81. The van der Waals surface area contributed by atoms with Gasteiger partial charge < -0.3 is 14.8 Å². The van der Waals surface area contributed by atoms with Crippen molar-refractivity contribution in [1.82, 2.24) is 14.6 Å². The van der Waals surface area contributed by atoms with E-state index in [2.05, 4.69) is 10.3 Å². The van der Waals surface area contributed by atoms with E-state index in [1.54, 1.807) is 14.0 Å². The zero-order valence-electron chi connectivity index (χ0n) is 16.3. The number of aromatic nitrogens is 1. The lowest BCUT2D eigenvalue weighted by molar-refractivity contribution is -0.153. The van der Waals surface area contributed by atoms with Gasteiger partial charge in [-0.1, -0.05) is 0 Å². The van der Waals surface area contributed by atoms with Crippen LogP contribution in [0.15, 0.2) is 35.1 Å². The molecule has 0 aliphatic carbocycles. The van der Waals surface area contributed by atoms with Crippen molar-refractivity contribution in [2.45, 2.75) is 24.7 Å². The van der Waals surface area contributed by atoms with Crippen molar-refractivity contribution in [2.24, 2.45) is 5.41 Å². The van der Waals surface area contributed by atoms with Crippen LogP contribution in [0.3, 0.4) is 0 Å². The molecule has 1 fully saturated rings. The number of likely N-dealkylation sites (N-methyl/N-ethyl adjacent to an activating group) is 1. The van der Waals surface area contributed by atoms with Gasteiger partial charge in [-0.15, -0.1) is 0 Å². The molecule has 0 saturated carbocycles. The van der Waals surface area contributed by atoms with E-state index < -0.39 is 15.4 Å². The number of nitrogens with zero attached hydrogens (tertiary/aromatic N) is 2. The summed E-state index contributed by atoms with van der Waals surface area (Å²) in [7, 11) is -0.703. The average molecular weight is 415 g/mol. The number of nitrogens with one attached hydrogen (secondary N) is 1.